The standard InChI is InChI=1S/C11H12O2/c12-8-11(6-1-7-11)9-2-4-10(13)5-3-9/h2-5,8,13H,1,6-7H2. The molecule has 2 heteroatoms. The second kappa shape index (κ2) is 2.87. The molecular formula is C11H12O2. The van der Waals surface area contributed by atoms with Crippen molar-refractivity contribution in [2.24, 2.45) is 0 Å². The molecule has 0 aromatic heterocycles. The summed E-state index contributed by atoms with van der Waals surface area (Å²) in [5, 5.41) is 9.10. The number of benzene rings is 1. The van der Waals surface area contributed by atoms with Crippen LogP contribution >= 0.6 is 0 Å². The Morgan fingerprint density at radius 1 is 1.23 bits per heavy atom. The van der Waals surface area contributed by atoms with Crippen LogP contribution in [0.15, 0.2) is 24.3 Å². The highest BCUT2D eigenvalue weighted by Gasteiger charge is 2.38. The lowest BCUT2D eigenvalue weighted by molar-refractivity contribution is -0.115. The third kappa shape index (κ3) is 1.22. The molecule has 0 radical (unpaired) electrons. The predicted molar refractivity (Wildman–Crippen MR) is 49.7 cm³/mol. The molecule has 0 aliphatic heterocycles. The minimum Gasteiger partial charge on any atom is -0.508 e. The topological polar surface area (TPSA) is 37.3 Å². The van der Waals surface area contributed by atoms with Crippen LogP contribution in [0.3, 0.4) is 0 Å². The van der Waals surface area contributed by atoms with Crippen molar-refractivity contribution in [2.75, 3.05) is 0 Å². The fraction of sp³-hybridized carbons (Fsp3) is 0.364. The van der Waals surface area contributed by atoms with Gasteiger partial charge in [0.1, 0.15) is 12.0 Å². The van der Waals surface area contributed by atoms with Gasteiger partial charge in [-0.05, 0) is 30.5 Å². The fourth-order valence-electron chi connectivity index (χ4n) is 1.83. The number of hydrogen-bond acceptors (Lipinski definition) is 2. The van der Waals surface area contributed by atoms with Gasteiger partial charge < -0.3 is 9.90 Å². The van der Waals surface area contributed by atoms with E-state index >= 15 is 0 Å². The summed E-state index contributed by atoms with van der Waals surface area (Å²) in [5.74, 6) is 0.254. The van der Waals surface area contributed by atoms with Gasteiger partial charge in [0, 0.05) is 0 Å². The van der Waals surface area contributed by atoms with Crippen LogP contribution in [-0.2, 0) is 10.2 Å². The van der Waals surface area contributed by atoms with Crippen molar-refractivity contribution < 1.29 is 9.90 Å². The van der Waals surface area contributed by atoms with Crippen molar-refractivity contribution in [3.05, 3.63) is 29.8 Å². The van der Waals surface area contributed by atoms with Gasteiger partial charge in [-0.2, -0.15) is 0 Å². The highest BCUT2D eigenvalue weighted by molar-refractivity contribution is 5.70. The molecule has 2 nitrogen and oxygen atoms in total. The number of carbonyl (C=O) groups excluding carboxylic acids is 1. The van der Waals surface area contributed by atoms with Gasteiger partial charge in [-0.3, -0.25) is 0 Å². The van der Waals surface area contributed by atoms with Gasteiger partial charge in [-0.15, -0.1) is 0 Å². The Bertz CT molecular complexity index is 309. The van der Waals surface area contributed by atoms with Gasteiger partial charge in [-0.25, -0.2) is 0 Å². The van der Waals surface area contributed by atoms with E-state index in [1.807, 2.05) is 12.1 Å². The maximum atomic E-state index is 10.9. The molecule has 2 rings (SSSR count). The number of phenolic OH excluding ortho intramolecular Hbond substituents is 1. The molecular weight excluding hydrogens is 164 g/mol. The number of carbonyl (C=O) groups is 1. The molecule has 0 unspecified atom stereocenters. The average molecular weight is 176 g/mol. The zero-order valence-electron chi connectivity index (χ0n) is 7.36. The molecule has 0 bridgehead atoms. The normalized spacial score (nSPS) is 19.1. The molecule has 0 heterocycles. The van der Waals surface area contributed by atoms with E-state index in [1.165, 1.54) is 0 Å². The molecule has 0 atom stereocenters. The molecule has 1 aromatic rings. The second-order valence-corrected chi connectivity index (χ2v) is 3.67. The number of aromatic hydroxyl groups is 1. The molecule has 0 saturated heterocycles. The van der Waals surface area contributed by atoms with Crippen molar-refractivity contribution in [2.45, 2.75) is 24.7 Å². The minimum atomic E-state index is -0.242. The number of aldehydes is 1. The van der Waals surface area contributed by atoms with Crippen molar-refractivity contribution in [1.29, 1.82) is 0 Å². The van der Waals surface area contributed by atoms with Gasteiger partial charge in [-0.1, -0.05) is 18.6 Å². The van der Waals surface area contributed by atoms with E-state index in [-0.39, 0.29) is 11.2 Å². The summed E-state index contributed by atoms with van der Waals surface area (Å²) >= 11 is 0. The molecule has 1 saturated carbocycles. The van der Waals surface area contributed by atoms with Crippen LogP contribution in [0.25, 0.3) is 0 Å². The lowest BCUT2D eigenvalue weighted by Gasteiger charge is -2.37. The smallest absolute Gasteiger partial charge is 0.130 e. The molecule has 1 N–H and O–H groups in total. The summed E-state index contributed by atoms with van der Waals surface area (Å²) in [5.41, 5.74) is 0.791. The van der Waals surface area contributed by atoms with Crippen LogP contribution in [0.1, 0.15) is 24.8 Å². The highest BCUT2D eigenvalue weighted by atomic mass is 16.3. The summed E-state index contributed by atoms with van der Waals surface area (Å²) in [4.78, 5) is 10.9. The first kappa shape index (κ1) is 8.30. The lowest BCUT2D eigenvalue weighted by Crippen LogP contribution is -2.35. The van der Waals surface area contributed by atoms with Gasteiger partial charge >= 0.3 is 0 Å². The third-order valence-corrected chi connectivity index (χ3v) is 2.91. The van der Waals surface area contributed by atoms with E-state index in [0.29, 0.717) is 0 Å². The summed E-state index contributed by atoms with van der Waals surface area (Å²) in [6, 6.07) is 6.95. The molecule has 0 amide bonds. The van der Waals surface area contributed by atoms with Crippen LogP contribution in [0.4, 0.5) is 0 Å². The van der Waals surface area contributed by atoms with Crippen molar-refractivity contribution >= 4 is 6.29 Å². The zero-order chi connectivity index (χ0) is 9.31. The number of rotatable bonds is 2. The van der Waals surface area contributed by atoms with Crippen LogP contribution in [0.2, 0.25) is 0 Å². The molecule has 0 spiro atoms. The van der Waals surface area contributed by atoms with E-state index in [1.54, 1.807) is 12.1 Å². The summed E-state index contributed by atoms with van der Waals surface area (Å²) in [6.07, 6.45) is 4.06. The average Bonchev–Trinajstić information content (AvgIpc) is 2.07. The lowest BCUT2D eigenvalue weighted by atomic mass is 9.65. The van der Waals surface area contributed by atoms with E-state index in [4.69, 9.17) is 5.11 Å². The van der Waals surface area contributed by atoms with Crippen LogP contribution in [0, 0.1) is 0 Å². The van der Waals surface area contributed by atoms with Gasteiger partial charge in [0.25, 0.3) is 0 Å². The first-order chi connectivity index (χ1) is 6.27. The van der Waals surface area contributed by atoms with E-state index in [2.05, 4.69) is 0 Å². The summed E-state index contributed by atoms with van der Waals surface area (Å²) in [6.45, 7) is 0. The molecule has 1 fully saturated rings. The zero-order valence-corrected chi connectivity index (χ0v) is 7.36. The van der Waals surface area contributed by atoms with Crippen molar-refractivity contribution in [3.63, 3.8) is 0 Å². The number of hydrogen-bond donors (Lipinski definition) is 1. The summed E-state index contributed by atoms with van der Waals surface area (Å²) in [7, 11) is 0. The molecule has 13 heavy (non-hydrogen) atoms. The van der Waals surface area contributed by atoms with Gasteiger partial charge in [0.2, 0.25) is 0 Å². The first-order valence-electron chi connectivity index (χ1n) is 4.53. The molecule has 1 aromatic carbocycles. The van der Waals surface area contributed by atoms with E-state index in [9.17, 15) is 4.79 Å². The molecule has 1 aliphatic carbocycles. The molecule has 68 valence electrons. The Hall–Kier alpha value is -1.31. The largest absolute Gasteiger partial charge is 0.508 e. The van der Waals surface area contributed by atoms with Crippen LogP contribution < -0.4 is 0 Å². The minimum absolute atomic E-state index is 0.242. The maximum absolute atomic E-state index is 10.9. The fourth-order valence-corrected chi connectivity index (χ4v) is 1.83. The SMILES string of the molecule is O=CC1(c2ccc(O)cc2)CCC1. The second-order valence-electron chi connectivity index (χ2n) is 3.67. The van der Waals surface area contributed by atoms with Gasteiger partial charge in [0.15, 0.2) is 0 Å². The van der Waals surface area contributed by atoms with E-state index in [0.717, 1.165) is 31.1 Å². The Morgan fingerprint density at radius 3 is 2.23 bits per heavy atom. The predicted octanol–water partition coefficient (Wildman–Crippen LogP) is 2.01. The monoisotopic (exact) mass is 176 g/mol. The van der Waals surface area contributed by atoms with Crippen LogP contribution in [-0.4, -0.2) is 11.4 Å². The Morgan fingerprint density at radius 2 is 1.85 bits per heavy atom. The Balaban J connectivity index is 2.33. The Labute approximate surface area is 77.2 Å². The summed E-state index contributed by atoms with van der Waals surface area (Å²) < 4.78 is 0. The first-order valence-corrected chi connectivity index (χ1v) is 4.53. The van der Waals surface area contributed by atoms with Crippen molar-refractivity contribution in [3.8, 4) is 5.75 Å². The van der Waals surface area contributed by atoms with Crippen molar-refractivity contribution in [1.82, 2.24) is 0 Å². The van der Waals surface area contributed by atoms with Crippen LogP contribution in [0.5, 0.6) is 5.75 Å². The maximum Gasteiger partial charge on any atom is 0.130 e. The quantitative estimate of drug-likeness (QED) is 0.700. The highest BCUT2D eigenvalue weighted by Crippen LogP contribution is 2.42. The third-order valence-electron chi connectivity index (χ3n) is 2.91. The number of phenols is 1. The molecule has 1 aliphatic rings. The van der Waals surface area contributed by atoms with E-state index < -0.39 is 0 Å². The van der Waals surface area contributed by atoms with Gasteiger partial charge in [0.05, 0.1) is 5.41 Å². The Kier molecular flexibility index (Phi) is 1.83.